The molecule has 7 heteroatoms. The number of likely N-dealkylation sites (N-methyl/N-ethyl adjacent to an activating group) is 1. The largest absolute Gasteiger partial charge is 0.673 e. The van der Waals surface area contributed by atoms with E-state index in [1.165, 1.54) is 42.4 Å². The lowest BCUT2D eigenvalue weighted by atomic mass is 9.67. The first-order valence-corrected chi connectivity index (χ1v) is 8.38. The highest BCUT2D eigenvalue weighted by molar-refractivity contribution is 6.50. The second kappa shape index (κ2) is 6.25. The van der Waals surface area contributed by atoms with Crippen molar-refractivity contribution in [1.29, 1.82) is 0 Å². The van der Waals surface area contributed by atoms with Crippen LogP contribution in [0.4, 0.5) is 17.3 Å². The second-order valence-electron chi connectivity index (χ2n) is 7.36. The Hall–Kier alpha value is -1.24. The zero-order chi connectivity index (χ0) is 18.2. The number of rotatable bonds is 4. The van der Waals surface area contributed by atoms with Gasteiger partial charge in [-0.25, -0.2) is 0 Å². The fourth-order valence-electron chi connectivity index (χ4n) is 4.69. The van der Waals surface area contributed by atoms with Crippen LogP contribution in [0, 0.1) is 0 Å². The first-order chi connectivity index (χ1) is 11.0. The fourth-order valence-corrected chi connectivity index (χ4v) is 4.69. The highest BCUT2D eigenvalue weighted by Crippen LogP contribution is 2.63. The molecule has 0 amide bonds. The van der Waals surface area contributed by atoms with Gasteiger partial charge in [-0.3, -0.25) is 0 Å². The molecule has 0 aromatic heterocycles. The van der Waals surface area contributed by atoms with E-state index >= 15 is 0 Å². The van der Waals surface area contributed by atoms with Crippen molar-refractivity contribution in [3.05, 3.63) is 29.8 Å². The van der Waals surface area contributed by atoms with Crippen molar-refractivity contribution < 1.29 is 26.5 Å². The van der Waals surface area contributed by atoms with Gasteiger partial charge < -0.3 is 26.5 Å². The van der Waals surface area contributed by atoms with Crippen molar-refractivity contribution in [1.82, 2.24) is 0 Å². The maximum Gasteiger partial charge on any atom is 0.673 e. The summed E-state index contributed by atoms with van der Waals surface area (Å²) in [7, 11) is -1.81. The number of benzene rings is 1. The van der Waals surface area contributed by atoms with Crippen LogP contribution in [-0.2, 0) is 5.41 Å². The van der Waals surface area contributed by atoms with E-state index in [1.807, 2.05) is 0 Å². The van der Waals surface area contributed by atoms with E-state index in [0.717, 1.165) is 5.75 Å². The fraction of sp³-hybridized carbons (Fsp3) is 0.647. The smallest absolute Gasteiger partial charge is 0.497 e. The highest BCUT2D eigenvalue weighted by atomic mass is 19.5. The SMILES string of the molecule is CCCC1(c2cccc(OC)c2)CC[N+]2(C)CC12C.F[B-](F)(F)F. The van der Waals surface area contributed by atoms with E-state index in [0.29, 0.717) is 11.0 Å². The quantitative estimate of drug-likeness (QED) is 0.333. The maximum absolute atomic E-state index is 9.75. The molecule has 3 unspecified atom stereocenters. The predicted molar refractivity (Wildman–Crippen MR) is 88.7 cm³/mol. The Kier molecular flexibility index (Phi) is 4.97. The summed E-state index contributed by atoms with van der Waals surface area (Å²) < 4.78 is 45.7. The molecule has 2 heterocycles. The minimum Gasteiger partial charge on any atom is -0.497 e. The van der Waals surface area contributed by atoms with Crippen molar-refractivity contribution in [2.75, 3.05) is 27.2 Å². The van der Waals surface area contributed by atoms with Gasteiger partial charge in [-0.2, -0.15) is 0 Å². The van der Waals surface area contributed by atoms with E-state index < -0.39 is 7.25 Å². The lowest BCUT2D eigenvalue weighted by Gasteiger charge is -2.33. The van der Waals surface area contributed by atoms with E-state index in [4.69, 9.17) is 4.74 Å². The number of methoxy groups -OCH3 is 1. The van der Waals surface area contributed by atoms with Gasteiger partial charge in [0, 0.05) is 6.42 Å². The van der Waals surface area contributed by atoms with Crippen molar-refractivity contribution in [3.63, 3.8) is 0 Å². The van der Waals surface area contributed by atoms with Crippen LogP contribution in [0.2, 0.25) is 0 Å². The van der Waals surface area contributed by atoms with Gasteiger partial charge in [0.25, 0.3) is 0 Å². The number of piperidine rings is 1. The summed E-state index contributed by atoms with van der Waals surface area (Å²) in [4.78, 5) is 0. The zero-order valence-corrected chi connectivity index (χ0v) is 14.8. The average Bonchev–Trinajstić information content (AvgIpc) is 2.98. The van der Waals surface area contributed by atoms with Crippen LogP contribution >= 0.6 is 0 Å². The van der Waals surface area contributed by atoms with E-state index in [9.17, 15) is 17.3 Å². The van der Waals surface area contributed by atoms with Crippen LogP contribution in [0.25, 0.3) is 0 Å². The molecular weight excluding hydrogens is 321 g/mol. The molecule has 0 radical (unpaired) electrons. The minimum absolute atomic E-state index is 0.352. The molecule has 0 N–H and O–H groups in total. The van der Waals surface area contributed by atoms with Crippen LogP contribution in [0.1, 0.15) is 38.7 Å². The molecule has 2 aliphatic heterocycles. The Morgan fingerprint density at radius 2 is 1.88 bits per heavy atom. The summed E-state index contributed by atoms with van der Waals surface area (Å²) in [6, 6.07) is 8.80. The number of hydrogen-bond acceptors (Lipinski definition) is 1. The number of halogens is 4. The third-order valence-corrected chi connectivity index (χ3v) is 6.11. The van der Waals surface area contributed by atoms with Crippen molar-refractivity contribution in [3.8, 4) is 5.75 Å². The normalized spacial score (nSPS) is 34.2. The minimum atomic E-state index is -6.00. The van der Waals surface area contributed by atoms with Crippen LogP contribution < -0.4 is 4.74 Å². The molecule has 1 aromatic rings. The Morgan fingerprint density at radius 3 is 2.29 bits per heavy atom. The van der Waals surface area contributed by atoms with Gasteiger partial charge in [-0.05, 0) is 31.0 Å². The number of fused-ring (bicyclic) bond motifs is 1. The second-order valence-corrected chi connectivity index (χ2v) is 7.36. The Bertz CT molecular complexity index is 582. The Morgan fingerprint density at radius 1 is 1.25 bits per heavy atom. The summed E-state index contributed by atoms with van der Waals surface area (Å²) >= 11 is 0. The van der Waals surface area contributed by atoms with Crippen LogP contribution in [-0.4, -0.2) is 44.5 Å². The number of ether oxygens (including phenoxy) is 1. The van der Waals surface area contributed by atoms with Gasteiger partial charge in [0.1, 0.15) is 12.3 Å². The first-order valence-electron chi connectivity index (χ1n) is 8.38. The van der Waals surface area contributed by atoms with Crippen molar-refractivity contribution in [2.45, 2.75) is 44.1 Å². The maximum atomic E-state index is 9.75. The van der Waals surface area contributed by atoms with Crippen LogP contribution in [0.5, 0.6) is 5.75 Å². The molecule has 2 saturated heterocycles. The van der Waals surface area contributed by atoms with Gasteiger partial charge >= 0.3 is 7.25 Å². The summed E-state index contributed by atoms with van der Waals surface area (Å²) in [5.41, 5.74) is 2.29. The standard InChI is InChI=1S/C17H26NO.BF4/c1-5-9-17(10-11-18(3)13-16(17,18)2)14-7-6-8-15(12-14)19-4;2-1(3,4)5/h6-8,12H,5,9-11,13H2,1-4H3;/q+1;-1. The molecule has 2 fully saturated rings. The molecule has 0 aliphatic carbocycles. The molecule has 0 saturated carbocycles. The number of nitrogens with zero attached hydrogens (tertiary/aromatic N) is 1. The molecule has 136 valence electrons. The predicted octanol–water partition coefficient (Wildman–Crippen LogP) is 4.66. The van der Waals surface area contributed by atoms with Gasteiger partial charge in [-0.1, -0.05) is 25.5 Å². The number of quaternary nitrogens is 1. The monoisotopic (exact) mass is 347 g/mol. The summed E-state index contributed by atoms with van der Waals surface area (Å²) in [6.07, 6.45) is 3.87. The first kappa shape index (κ1) is 19.1. The summed E-state index contributed by atoms with van der Waals surface area (Å²) in [6.45, 7) is 7.48. The Labute approximate surface area is 141 Å². The van der Waals surface area contributed by atoms with Gasteiger partial charge in [0.2, 0.25) is 0 Å². The zero-order valence-electron chi connectivity index (χ0n) is 14.8. The van der Waals surface area contributed by atoms with Crippen molar-refractivity contribution >= 4 is 7.25 Å². The molecule has 2 aliphatic rings. The summed E-state index contributed by atoms with van der Waals surface area (Å²) in [5, 5.41) is 0. The summed E-state index contributed by atoms with van der Waals surface area (Å²) in [5.74, 6) is 0.998. The lowest BCUT2D eigenvalue weighted by Crippen LogP contribution is -2.40. The van der Waals surface area contributed by atoms with Gasteiger partial charge in [-0.15, -0.1) is 0 Å². The molecular formula is C17H26BF4NO. The van der Waals surface area contributed by atoms with Gasteiger partial charge in [0.05, 0.1) is 26.1 Å². The average molecular weight is 347 g/mol. The van der Waals surface area contributed by atoms with Crippen LogP contribution in [0.15, 0.2) is 24.3 Å². The molecule has 0 spiro atoms. The molecule has 3 rings (SSSR count). The van der Waals surface area contributed by atoms with E-state index in [1.54, 1.807) is 7.11 Å². The van der Waals surface area contributed by atoms with Crippen molar-refractivity contribution in [2.24, 2.45) is 0 Å². The Balaban J connectivity index is 0.000000368. The topological polar surface area (TPSA) is 9.23 Å². The lowest BCUT2D eigenvalue weighted by molar-refractivity contribution is -0.796. The molecule has 24 heavy (non-hydrogen) atoms. The van der Waals surface area contributed by atoms with E-state index in [-0.39, 0.29) is 0 Å². The number of hydrogen-bond donors (Lipinski definition) is 0. The van der Waals surface area contributed by atoms with Crippen LogP contribution in [0.3, 0.4) is 0 Å². The molecule has 1 aromatic carbocycles. The molecule has 2 nitrogen and oxygen atoms in total. The van der Waals surface area contributed by atoms with Gasteiger partial charge in [0.15, 0.2) is 5.54 Å². The highest BCUT2D eigenvalue weighted by Gasteiger charge is 2.78. The third kappa shape index (κ3) is 3.28. The molecule has 3 atom stereocenters. The molecule has 0 bridgehead atoms. The van der Waals surface area contributed by atoms with E-state index in [2.05, 4.69) is 45.2 Å². The third-order valence-electron chi connectivity index (χ3n) is 6.11.